The molecule has 2 fully saturated rings. The number of allylic oxidation sites excluding steroid dienone is 2. The fourth-order valence-electron chi connectivity index (χ4n) is 2.99. The van der Waals surface area contributed by atoms with E-state index in [1.807, 2.05) is 0 Å². The normalized spacial score (nSPS) is 26.1. The molecular formula is C15H26O. The molecule has 2 rings (SSSR count). The van der Waals surface area contributed by atoms with E-state index < -0.39 is 0 Å². The minimum atomic E-state index is 0.579. The summed E-state index contributed by atoms with van der Waals surface area (Å²) in [5, 5.41) is 0. The molecule has 92 valence electrons. The van der Waals surface area contributed by atoms with Crippen molar-refractivity contribution in [3.05, 3.63) is 11.6 Å². The molecule has 0 bridgehead atoms. The van der Waals surface area contributed by atoms with Crippen LogP contribution in [0, 0.1) is 17.3 Å². The molecule has 0 unspecified atom stereocenters. The molecule has 16 heavy (non-hydrogen) atoms. The molecule has 0 radical (unpaired) electrons. The van der Waals surface area contributed by atoms with Gasteiger partial charge in [-0.15, -0.1) is 0 Å². The maximum absolute atomic E-state index is 5.41. The van der Waals surface area contributed by atoms with E-state index in [1.165, 1.54) is 32.1 Å². The van der Waals surface area contributed by atoms with Crippen LogP contribution in [-0.4, -0.2) is 13.2 Å². The second kappa shape index (κ2) is 4.91. The highest BCUT2D eigenvalue weighted by Crippen LogP contribution is 2.54. The molecule has 1 aliphatic carbocycles. The number of rotatable bonds is 4. The summed E-state index contributed by atoms with van der Waals surface area (Å²) in [6, 6.07) is 0. The lowest BCUT2D eigenvalue weighted by molar-refractivity contribution is 0.0665. The highest BCUT2D eigenvalue weighted by Gasteiger charge is 2.43. The van der Waals surface area contributed by atoms with Crippen LogP contribution in [0.2, 0.25) is 0 Å². The van der Waals surface area contributed by atoms with E-state index in [0.717, 1.165) is 25.0 Å². The second-order valence-corrected chi connectivity index (χ2v) is 6.14. The van der Waals surface area contributed by atoms with E-state index in [2.05, 4.69) is 26.8 Å². The topological polar surface area (TPSA) is 9.23 Å². The molecule has 1 heteroatoms. The fourth-order valence-corrected chi connectivity index (χ4v) is 2.99. The van der Waals surface area contributed by atoms with E-state index in [-0.39, 0.29) is 0 Å². The lowest BCUT2D eigenvalue weighted by atomic mass is 9.86. The zero-order valence-corrected chi connectivity index (χ0v) is 11.1. The standard InChI is InChI=1S/C15H26O/c1-12(2)15(6-7-15)11-13(3)10-14-4-8-16-9-5-14/h11-12,14H,4-10H2,1-3H3/b13-11+. The van der Waals surface area contributed by atoms with Gasteiger partial charge in [-0.05, 0) is 56.3 Å². The summed E-state index contributed by atoms with van der Waals surface area (Å²) >= 11 is 0. The second-order valence-electron chi connectivity index (χ2n) is 6.14. The molecule has 0 N–H and O–H groups in total. The summed E-state index contributed by atoms with van der Waals surface area (Å²) in [7, 11) is 0. The summed E-state index contributed by atoms with van der Waals surface area (Å²) in [4.78, 5) is 0. The molecule has 1 heterocycles. The van der Waals surface area contributed by atoms with Crippen molar-refractivity contribution in [2.45, 2.75) is 52.9 Å². The highest BCUT2D eigenvalue weighted by molar-refractivity contribution is 5.16. The SMILES string of the molecule is C/C(=C\C1(C(C)C)CC1)CC1CCOCC1. The van der Waals surface area contributed by atoms with Gasteiger partial charge in [0, 0.05) is 13.2 Å². The Kier molecular flexibility index (Phi) is 3.73. The van der Waals surface area contributed by atoms with Crippen LogP contribution >= 0.6 is 0 Å². The molecule has 0 aromatic carbocycles. The maximum atomic E-state index is 5.41. The number of hydrogen-bond acceptors (Lipinski definition) is 1. The highest BCUT2D eigenvalue weighted by atomic mass is 16.5. The van der Waals surface area contributed by atoms with Crippen LogP contribution in [0.3, 0.4) is 0 Å². The van der Waals surface area contributed by atoms with Gasteiger partial charge in [0.25, 0.3) is 0 Å². The Balaban J connectivity index is 1.87. The Hall–Kier alpha value is -0.300. The lowest BCUT2D eigenvalue weighted by Crippen LogP contribution is -2.16. The van der Waals surface area contributed by atoms with Crippen molar-refractivity contribution < 1.29 is 4.74 Å². The average Bonchev–Trinajstić information content (AvgIpc) is 3.00. The summed E-state index contributed by atoms with van der Waals surface area (Å²) in [5.41, 5.74) is 2.20. The Bertz CT molecular complexity index is 255. The van der Waals surface area contributed by atoms with Gasteiger partial charge in [0.05, 0.1) is 0 Å². The molecule has 0 atom stereocenters. The monoisotopic (exact) mass is 222 g/mol. The van der Waals surface area contributed by atoms with Crippen LogP contribution in [0.15, 0.2) is 11.6 Å². The van der Waals surface area contributed by atoms with Crippen molar-refractivity contribution in [1.82, 2.24) is 0 Å². The third-order valence-electron chi connectivity index (χ3n) is 4.46. The minimum Gasteiger partial charge on any atom is -0.381 e. The van der Waals surface area contributed by atoms with Gasteiger partial charge in [0.1, 0.15) is 0 Å². The van der Waals surface area contributed by atoms with Crippen molar-refractivity contribution >= 4 is 0 Å². The first-order valence-electron chi connectivity index (χ1n) is 6.88. The third-order valence-corrected chi connectivity index (χ3v) is 4.46. The predicted octanol–water partition coefficient (Wildman–Crippen LogP) is 4.19. The van der Waals surface area contributed by atoms with Crippen molar-refractivity contribution in [2.75, 3.05) is 13.2 Å². The van der Waals surface area contributed by atoms with Crippen LogP contribution in [0.1, 0.15) is 52.9 Å². The molecule has 0 aromatic rings. The van der Waals surface area contributed by atoms with Crippen molar-refractivity contribution in [3.8, 4) is 0 Å². The quantitative estimate of drug-likeness (QED) is 0.648. The third kappa shape index (κ3) is 2.88. The van der Waals surface area contributed by atoms with Crippen LogP contribution in [0.25, 0.3) is 0 Å². The smallest absolute Gasteiger partial charge is 0.0468 e. The first-order valence-corrected chi connectivity index (χ1v) is 6.88. The van der Waals surface area contributed by atoms with Gasteiger partial charge in [-0.25, -0.2) is 0 Å². The summed E-state index contributed by atoms with van der Waals surface area (Å²) in [6.07, 6.45) is 9.25. The molecular weight excluding hydrogens is 196 g/mol. The van der Waals surface area contributed by atoms with Gasteiger partial charge in [-0.3, -0.25) is 0 Å². The van der Waals surface area contributed by atoms with Crippen molar-refractivity contribution in [2.24, 2.45) is 17.3 Å². The molecule has 1 saturated carbocycles. The molecule has 1 aliphatic heterocycles. The Morgan fingerprint density at radius 3 is 2.44 bits per heavy atom. The predicted molar refractivity (Wildman–Crippen MR) is 68.4 cm³/mol. The minimum absolute atomic E-state index is 0.579. The van der Waals surface area contributed by atoms with Gasteiger partial charge in [-0.1, -0.05) is 25.5 Å². The fraction of sp³-hybridized carbons (Fsp3) is 0.867. The van der Waals surface area contributed by atoms with Crippen LogP contribution in [-0.2, 0) is 4.74 Å². The molecule has 0 aromatic heterocycles. The van der Waals surface area contributed by atoms with Crippen LogP contribution in [0.5, 0.6) is 0 Å². The maximum Gasteiger partial charge on any atom is 0.0468 e. The van der Waals surface area contributed by atoms with E-state index in [1.54, 1.807) is 5.57 Å². The molecule has 0 amide bonds. The largest absolute Gasteiger partial charge is 0.381 e. The Labute approximate surface area is 100 Å². The number of ether oxygens (including phenoxy) is 1. The zero-order chi connectivity index (χ0) is 11.6. The van der Waals surface area contributed by atoms with E-state index in [4.69, 9.17) is 4.74 Å². The van der Waals surface area contributed by atoms with Gasteiger partial charge in [0.15, 0.2) is 0 Å². The van der Waals surface area contributed by atoms with Crippen molar-refractivity contribution in [3.63, 3.8) is 0 Å². The summed E-state index contributed by atoms with van der Waals surface area (Å²) < 4.78 is 5.41. The van der Waals surface area contributed by atoms with E-state index in [0.29, 0.717) is 5.41 Å². The first-order chi connectivity index (χ1) is 7.62. The van der Waals surface area contributed by atoms with Gasteiger partial charge in [-0.2, -0.15) is 0 Å². The molecule has 0 spiro atoms. The molecule has 2 aliphatic rings. The van der Waals surface area contributed by atoms with E-state index in [9.17, 15) is 0 Å². The molecule has 1 saturated heterocycles. The van der Waals surface area contributed by atoms with Crippen LogP contribution < -0.4 is 0 Å². The first kappa shape index (κ1) is 12.2. The Morgan fingerprint density at radius 2 is 1.94 bits per heavy atom. The molecule has 1 nitrogen and oxygen atoms in total. The lowest BCUT2D eigenvalue weighted by Gasteiger charge is -2.23. The zero-order valence-electron chi connectivity index (χ0n) is 11.1. The number of hydrogen-bond donors (Lipinski definition) is 0. The summed E-state index contributed by atoms with van der Waals surface area (Å²) in [5.74, 6) is 1.70. The van der Waals surface area contributed by atoms with Gasteiger partial charge >= 0.3 is 0 Å². The average molecular weight is 222 g/mol. The van der Waals surface area contributed by atoms with Crippen molar-refractivity contribution in [1.29, 1.82) is 0 Å². The van der Waals surface area contributed by atoms with E-state index >= 15 is 0 Å². The summed E-state index contributed by atoms with van der Waals surface area (Å²) in [6.45, 7) is 9.02. The van der Waals surface area contributed by atoms with Crippen LogP contribution in [0.4, 0.5) is 0 Å². The van der Waals surface area contributed by atoms with Gasteiger partial charge < -0.3 is 4.74 Å². The van der Waals surface area contributed by atoms with Gasteiger partial charge in [0.2, 0.25) is 0 Å². The Morgan fingerprint density at radius 1 is 1.31 bits per heavy atom.